The Kier molecular flexibility index (Phi) is 6.43. The van der Waals surface area contributed by atoms with Gasteiger partial charge in [0.1, 0.15) is 5.75 Å². The molecule has 4 nitrogen and oxygen atoms in total. The van der Waals surface area contributed by atoms with E-state index in [1.165, 1.54) is 12.3 Å². The van der Waals surface area contributed by atoms with Gasteiger partial charge < -0.3 is 10.1 Å². The summed E-state index contributed by atoms with van der Waals surface area (Å²) in [5.74, 6) is 0.0520. The van der Waals surface area contributed by atoms with E-state index in [1.54, 1.807) is 18.2 Å². The van der Waals surface area contributed by atoms with Crippen LogP contribution in [0, 0.1) is 0 Å². The van der Waals surface area contributed by atoms with Gasteiger partial charge in [-0.3, -0.25) is 5.43 Å². The lowest BCUT2D eigenvalue weighted by atomic mass is 10.2. The molecule has 0 aliphatic carbocycles. The molecule has 7 heteroatoms. The second-order valence-electron chi connectivity index (χ2n) is 4.45. The van der Waals surface area contributed by atoms with E-state index in [2.05, 4.69) is 20.6 Å². The van der Waals surface area contributed by atoms with Crippen molar-refractivity contribution in [3.8, 4) is 5.75 Å². The van der Waals surface area contributed by atoms with E-state index >= 15 is 0 Å². The zero-order valence-corrected chi connectivity index (χ0v) is 12.9. The van der Waals surface area contributed by atoms with Gasteiger partial charge >= 0.3 is 6.61 Å². The van der Waals surface area contributed by atoms with Crippen LogP contribution in [0.15, 0.2) is 59.7 Å². The van der Waals surface area contributed by atoms with Crippen molar-refractivity contribution in [3.63, 3.8) is 0 Å². The summed E-state index contributed by atoms with van der Waals surface area (Å²) in [5.41, 5.74) is 4.13. The minimum atomic E-state index is -2.88. The van der Waals surface area contributed by atoms with E-state index in [0.717, 1.165) is 5.56 Å². The third-order valence-electron chi connectivity index (χ3n) is 2.80. The summed E-state index contributed by atoms with van der Waals surface area (Å²) in [6.45, 7) is -2.32. The minimum Gasteiger partial charge on any atom is -0.434 e. The smallest absolute Gasteiger partial charge is 0.387 e. The number of rotatable bonds is 6. The number of alkyl halides is 2. The molecule has 2 aromatic carbocycles. The van der Waals surface area contributed by atoms with E-state index in [9.17, 15) is 8.78 Å². The van der Waals surface area contributed by atoms with E-state index in [4.69, 9.17) is 12.2 Å². The lowest BCUT2D eigenvalue weighted by Gasteiger charge is -2.08. The van der Waals surface area contributed by atoms with Crippen molar-refractivity contribution < 1.29 is 13.5 Å². The molecular formula is C16H15F2N3OS. The summed E-state index contributed by atoms with van der Waals surface area (Å²) in [5, 5.41) is 7.24. The van der Waals surface area contributed by atoms with E-state index in [0.29, 0.717) is 17.2 Å². The lowest BCUT2D eigenvalue weighted by molar-refractivity contribution is -0.0499. The van der Waals surface area contributed by atoms with Crippen LogP contribution in [0.4, 0.5) is 8.78 Å². The molecular weight excluding hydrogens is 320 g/mol. The van der Waals surface area contributed by atoms with Crippen LogP contribution in [0.25, 0.3) is 0 Å². The van der Waals surface area contributed by atoms with Gasteiger partial charge in [0.15, 0.2) is 5.11 Å². The molecule has 0 saturated heterocycles. The largest absolute Gasteiger partial charge is 0.434 e. The summed E-state index contributed by atoms with van der Waals surface area (Å²) >= 11 is 5.08. The van der Waals surface area contributed by atoms with Gasteiger partial charge in [-0.25, -0.2) is 0 Å². The highest BCUT2D eigenvalue weighted by atomic mass is 32.1. The molecule has 0 aliphatic heterocycles. The number of benzene rings is 2. The number of para-hydroxylation sites is 1. The first-order chi connectivity index (χ1) is 11.1. The highest BCUT2D eigenvalue weighted by molar-refractivity contribution is 7.80. The van der Waals surface area contributed by atoms with Crippen molar-refractivity contribution in [2.45, 2.75) is 13.2 Å². The van der Waals surface area contributed by atoms with Crippen LogP contribution in [0.5, 0.6) is 5.75 Å². The molecule has 0 saturated carbocycles. The predicted molar refractivity (Wildman–Crippen MR) is 89.7 cm³/mol. The summed E-state index contributed by atoms with van der Waals surface area (Å²) in [4.78, 5) is 0. The molecule has 0 radical (unpaired) electrons. The zero-order chi connectivity index (χ0) is 16.5. The van der Waals surface area contributed by atoms with Gasteiger partial charge in [0.25, 0.3) is 0 Å². The second-order valence-corrected chi connectivity index (χ2v) is 4.86. The SMILES string of the molecule is FC(F)Oc1ccccc1C=NNC(=S)NCc1ccccc1. The highest BCUT2D eigenvalue weighted by Gasteiger charge is 2.07. The summed E-state index contributed by atoms with van der Waals surface area (Å²) in [7, 11) is 0. The van der Waals surface area contributed by atoms with Crippen molar-refractivity contribution in [2.24, 2.45) is 5.10 Å². The van der Waals surface area contributed by atoms with Crippen molar-refractivity contribution in [3.05, 3.63) is 65.7 Å². The number of nitrogens with zero attached hydrogens (tertiary/aromatic N) is 1. The molecule has 2 rings (SSSR count). The first-order valence-electron chi connectivity index (χ1n) is 6.80. The highest BCUT2D eigenvalue weighted by Crippen LogP contribution is 2.18. The monoisotopic (exact) mass is 335 g/mol. The number of hydrazone groups is 1. The van der Waals surface area contributed by atoms with Crippen LogP contribution in [0.2, 0.25) is 0 Å². The van der Waals surface area contributed by atoms with Gasteiger partial charge in [0, 0.05) is 12.1 Å². The van der Waals surface area contributed by atoms with Gasteiger partial charge in [-0.15, -0.1) is 0 Å². The van der Waals surface area contributed by atoms with Gasteiger partial charge in [-0.1, -0.05) is 42.5 Å². The summed E-state index contributed by atoms with van der Waals surface area (Å²) < 4.78 is 29.0. The maximum Gasteiger partial charge on any atom is 0.387 e. The van der Waals surface area contributed by atoms with Crippen molar-refractivity contribution in [1.29, 1.82) is 0 Å². The molecule has 0 aliphatic rings. The molecule has 0 fully saturated rings. The number of hydrogen-bond acceptors (Lipinski definition) is 3. The molecule has 0 amide bonds. The summed E-state index contributed by atoms with van der Waals surface area (Å²) in [6, 6.07) is 16.1. The van der Waals surface area contributed by atoms with Gasteiger partial charge in [-0.05, 0) is 29.9 Å². The van der Waals surface area contributed by atoms with Crippen LogP contribution in [-0.2, 0) is 6.54 Å². The van der Waals surface area contributed by atoms with E-state index in [-0.39, 0.29) is 5.75 Å². The van der Waals surface area contributed by atoms with Gasteiger partial charge in [0.05, 0.1) is 6.21 Å². The summed E-state index contributed by atoms with van der Waals surface area (Å²) in [6.07, 6.45) is 1.37. The topological polar surface area (TPSA) is 45.6 Å². The maximum atomic E-state index is 12.3. The van der Waals surface area contributed by atoms with Gasteiger partial charge in [-0.2, -0.15) is 13.9 Å². The molecule has 2 aromatic rings. The maximum absolute atomic E-state index is 12.3. The number of hydrogen-bond donors (Lipinski definition) is 2. The molecule has 0 atom stereocenters. The molecule has 0 unspecified atom stereocenters. The second kappa shape index (κ2) is 8.79. The molecule has 0 bridgehead atoms. The van der Waals surface area contributed by atoms with Crippen molar-refractivity contribution in [1.82, 2.24) is 10.7 Å². The first-order valence-corrected chi connectivity index (χ1v) is 7.20. The van der Waals surface area contributed by atoms with Crippen LogP contribution in [0.1, 0.15) is 11.1 Å². The Hall–Kier alpha value is -2.54. The normalized spacial score (nSPS) is 10.7. The fourth-order valence-corrected chi connectivity index (χ4v) is 1.89. The Labute approximate surface area is 138 Å². The zero-order valence-electron chi connectivity index (χ0n) is 12.1. The Bertz CT molecular complexity index is 665. The minimum absolute atomic E-state index is 0.0520. The Morgan fingerprint density at radius 2 is 1.83 bits per heavy atom. The molecule has 0 spiro atoms. The van der Waals surface area contributed by atoms with E-state index in [1.807, 2.05) is 30.3 Å². The van der Waals surface area contributed by atoms with Crippen LogP contribution in [-0.4, -0.2) is 17.9 Å². The fourth-order valence-electron chi connectivity index (χ4n) is 1.77. The quantitative estimate of drug-likeness (QED) is 0.483. The van der Waals surface area contributed by atoms with E-state index < -0.39 is 6.61 Å². The van der Waals surface area contributed by atoms with Crippen LogP contribution >= 0.6 is 12.2 Å². The molecule has 0 aromatic heterocycles. The van der Waals surface area contributed by atoms with Crippen LogP contribution in [0.3, 0.4) is 0 Å². The fraction of sp³-hybridized carbons (Fsp3) is 0.125. The standard InChI is InChI=1S/C16H15F2N3OS/c17-15(18)22-14-9-5-4-8-13(14)11-20-21-16(23)19-10-12-6-2-1-3-7-12/h1-9,11,15H,10H2,(H2,19,21,23). The third kappa shape index (κ3) is 5.99. The Balaban J connectivity index is 1.85. The number of ether oxygens (including phenoxy) is 1. The average Bonchev–Trinajstić information content (AvgIpc) is 2.55. The average molecular weight is 335 g/mol. The van der Waals surface area contributed by atoms with Gasteiger partial charge in [0.2, 0.25) is 0 Å². The van der Waals surface area contributed by atoms with Crippen molar-refractivity contribution in [2.75, 3.05) is 0 Å². The Morgan fingerprint density at radius 1 is 1.13 bits per heavy atom. The van der Waals surface area contributed by atoms with Crippen molar-refractivity contribution >= 4 is 23.5 Å². The number of nitrogens with one attached hydrogen (secondary N) is 2. The first kappa shape index (κ1) is 16.8. The molecule has 0 heterocycles. The molecule has 2 N–H and O–H groups in total. The Morgan fingerprint density at radius 3 is 2.57 bits per heavy atom. The molecule has 120 valence electrons. The van der Waals surface area contributed by atoms with Crippen LogP contribution < -0.4 is 15.5 Å². The number of thiocarbonyl (C=S) groups is 1. The molecule has 23 heavy (non-hydrogen) atoms. The number of halogens is 2. The lowest BCUT2D eigenvalue weighted by Crippen LogP contribution is -2.31. The predicted octanol–water partition coefficient (Wildman–Crippen LogP) is 3.29. The third-order valence-corrected chi connectivity index (χ3v) is 3.04.